The molecular formula is C43H71N7O7S. The van der Waals surface area contributed by atoms with Gasteiger partial charge in [0.25, 0.3) is 5.91 Å². The molecule has 14 nitrogen and oxygen atoms in total. The lowest BCUT2D eigenvalue weighted by Gasteiger charge is -2.38. The number of carbonyl (C=O) groups is 5. The van der Waals surface area contributed by atoms with Gasteiger partial charge < -0.3 is 20.9 Å². The standard InChI is InChI=1S/C43H71N7O7S/c1-10-23-48(9)58(56,57)47-38(55)43(25-29(43)11-2)46-35(52)31-26-42(40(7,8)41(42)21-17-22-41)27-50(31)37(54)33(39(4,5)6)45-36(53)32(28-18-14-13-15-19-28)44-34(51)30-20-16-24-49(30)12-3/h11,28-33H,2,10,12-27H2,1,3-9H3,(H,44,51)(H,45,53)(H,46,52)(H,47,55)/t29-,30+,31+,32+,33-,42-,43-/m1/s1. The van der Waals surface area contributed by atoms with Crippen LogP contribution in [0.1, 0.15) is 132 Å². The maximum absolute atomic E-state index is 15.2. The number of likely N-dealkylation sites (N-methyl/N-ethyl adjacent to an activating group) is 1. The lowest BCUT2D eigenvalue weighted by molar-refractivity contribution is -0.145. The minimum atomic E-state index is -4.17. The quantitative estimate of drug-likeness (QED) is 0.181. The molecule has 2 spiro atoms. The summed E-state index contributed by atoms with van der Waals surface area (Å²) in [6.45, 7) is 20.0. The molecule has 4 saturated carbocycles. The first kappa shape index (κ1) is 44.5. The third-order valence-corrected chi connectivity index (χ3v) is 17.2. The van der Waals surface area contributed by atoms with E-state index in [-0.39, 0.29) is 58.9 Å². The topological polar surface area (TPSA) is 177 Å². The first-order valence-electron chi connectivity index (χ1n) is 22.1. The Morgan fingerprint density at radius 3 is 2.10 bits per heavy atom. The van der Waals surface area contributed by atoms with Gasteiger partial charge in [-0.1, -0.05) is 80.2 Å². The van der Waals surface area contributed by atoms with Gasteiger partial charge in [-0.3, -0.25) is 28.9 Å². The van der Waals surface area contributed by atoms with E-state index in [1.165, 1.54) is 7.05 Å². The van der Waals surface area contributed by atoms with Crippen molar-refractivity contribution in [2.75, 3.05) is 33.2 Å². The van der Waals surface area contributed by atoms with E-state index in [1.54, 1.807) is 11.0 Å². The fourth-order valence-electron chi connectivity index (χ4n) is 11.8. The van der Waals surface area contributed by atoms with Crippen molar-refractivity contribution in [1.82, 2.24) is 34.8 Å². The van der Waals surface area contributed by atoms with Gasteiger partial charge in [0.2, 0.25) is 23.6 Å². The van der Waals surface area contributed by atoms with E-state index in [1.807, 2.05) is 34.6 Å². The molecule has 0 radical (unpaired) electrons. The summed E-state index contributed by atoms with van der Waals surface area (Å²) in [5, 5.41) is 9.23. The summed E-state index contributed by atoms with van der Waals surface area (Å²) in [6.07, 6.45) is 12.0. The highest BCUT2D eigenvalue weighted by Gasteiger charge is 2.85. The van der Waals surface area contributed by atoms with E-state index < -0.39 is 57.0 Å². The Morgan fingerprint density at radius 2 is 1.57 bits per heavy atom. The highest BCUT2D eigenvalue weighted by Crippen LogP contribution is 2.88. The van der Waals surface area contributed by atoms with Crippen LogP contribution in [0.5, 0.6) is 0 Å². The highest BCUT2D eigenvalue weighted by molar-refractivity contribution is 7.87. The molecule has 2 heterocycles. The number of hydrogen-bond donors (Lipinski definition) is 4. The zero-order valence-corrected chi connectivity index (χ0v) is 37.2. The molecular weight excluding hydrogens is 759 g/mol. The van der Waals surface area contributed by atoms with Crippen molar-refractivity contribution in [2.24, 2.45) is 33.5 Å². The van der Waals surface area contributed by atoms with E-state index in [2.05, 4.69) is 46.0 Å². The lowest BCUT2D eigenvalue weighted by Crippen LogP contribution is -2.63. The molecule has 0 aromatic rings. The minimum absolute atomic E-state index is 0.0206. The second-order valence-corrected chi connectivity index (χ2v) is 21.8. The summed E-state index contributed by atoms with van der Waals surface area (Å²) >= 11 is 0. The summed E-state index contributed by atoms with van der Waals surface area (Å²) < 4.78 is 29.4. The average molecular weight is 830 g/mol. The number of likely N-dealkylation sites (tertiary alicyclic amines) is 2. The van der Waals surface area contributed by atoms with Crippen LogP contribution in [0.15, 0.2) is 12.7 Å². The Labute approximate surface area is 347 Å². The molecule has 4 aliphatic carbocycles. The van der Waals surface area contributed by atoms with E-state index in [0.717, 1.165) is 81.6 Å². The first-order valence-corrected chi connectivity index (χ1v) is 23.5. The molecule has 2 saturated heterocycles. The highest BCUT2D eigenvalue weighted by atomic mass is 32.2. The molecule has 6 rings (SSSR count). The van der Waals surface area contributed by atoms with Crippen molar-refractivity contribution >= 4 is 39.7 Å². The fourth-order valence-corrected chi connectivity index (χ4v) is 12.8. The molecule has 58 heavy (non-hydrogen) atoms. The first-order chi connectivity index (χ1) is 27.2. The smallest absolute Gasteiger partial charge is 0.303 e. The third kappa shape index (κ3) is 7.51. The molecule has 0 unspecified atom stereocenters. The van der Waals surface area contributed by atoms with E-state index >= 15 is 4.79 Å². The van der Waals surface area contributed by atoms with Crippen molar-refractivity contribution in [3.63, 3.8) is 0 Å². The van der Waals surface area contributed by atoms with E-state index in [9.17, 15) is 27.6 Å². The molecule has 0 aromatic heterocycles. The van der Waals surface area contributed by atoms with Crippen molar-refractivity contribution in [1.29, 1.82) is 0 Å². The maximum atomic E-state index is 15.2. The van der Waals surface area contributed by atoms with Crippen LogP contribution in [-0.2, 0) is 34.2 Å². The number of nitrogens with one attached hydrogen (secondary N) is 4. The lowest BCUT2D eigenvalue weighted by atomic mass is 9.73. The van der Waals surface area contributed by atoms with Crippen molar-refractivity contribution in [3.05, 3.63) is 12.7 Å². The van der Waals surface area contributed by atoms with Gasteiger partial charge in [0.05, 0.1) is 6.04 Å². The minimum Gasteiger partial charge on any atom is -0.343 e. The zero-order chi connectivity index (χ0) is 42.6. The largest absolute Gasteiger partial charge is 0.343 e. The third-order valence-electron chi connectivity index (χ3n) is 15.8. The van der Waals surface area contributed by atoms with Crippen LogP contribution < -0.4 is 20.7 Å². The van der Waals surface area contributed by atoms with E-state index in [0.29, 0.717) is 19.4 Å². The molecule has 4 N–H and O–H groups in total. The number of amides is 5. The number of nitrogens with zero attached hydrogens (tertiary/aromatic N) is 3. The molecule has 5 amide bonds. The predicted molar refractivity (Wildman–Crippen MR) is 222 cm³/mol. The van der Waals surface area contributed by atoms with Gasteiger partial charge in [-0.15, -0.1) is 6.58 Å². The van der Waals surface area contributed by atoms with Crippen LogP contribution in [0.4, 0.5) is 0 Å². The Kier molecular flexibility index (Phi) is 12.4. The Bertz CT molecular complexity index is 1750. The predicted octanol–water partition coefficient (Wildman–Crippen LogP) is 3.63. The van der Waals surface area contributed by atoms with Crippen LogP contribution in [0, 0.1) is 33.5 Å². The maximum Gasteiger partial charge on any atom is 0.303 e. The molecule has 326 valence electrons. The fraction of sp³-hybridized carbons (Fsp3) is 0.837. The summed E-state index contributed by atoms with van der Waals surface area (Å²) in [7, 11) is -2.78. The van der Waals surface area contributed by atoms with Gasteiger partial charge in [-0.2, -0.15) is 12.7 Å². The molecule has 6 fully saturated rings. The summed E-state index contributed by atoms with van der Waals surface area (Å²) in [5.41, 5.74) is -2.81. The molecule has 6 aliphatic rings. The second kappa shape index (κ2) is 16.1. The number of carbonyl (C=O) groups excluding carboxylic acids is 5. The second-order valence-electron chi connectivity index (χ2n) is 20.1. The average Bonchev–Trinajstić information content (AvgIpc) is 3.66. The monoisotopic (exact) mass is 830 g/mol. The van der Waals surface area contributed by atoms with Gasteiger partial charge in [0.15, 0.2) is 0 Å². The summed E-state index contributed by atoms with van der Waals surface area (Å²) in [5.74, 6) is -2.84. The van der Waals surface area contributed by atoms with Crippen LogP contribution in [-0.4, -0.2) is 115 Å². The van der Waals surface area contributed by atoms with Gasteiger partial charge in [-0.05, 0) is 93.0 Å². The Balaban J connectivity index is 1.28. The normalized spacial score (nSPS) is 31.3. The van der Waals surface area contributed by atoms with E-state index in [4.69, 9.17) is 0 Å². The molecule has 0 bridgehead atoms. The molecule has 0 aromatic carbocycles. The van der Waals surface area contributed by atoms with Crippen LogP contribution in [0.2, 0.25) is 0 Å². The van der Waals surface area contributed by atoms with Crippen LogP contribution in [0.25, 0.3) is 0 Å². The van der Waals surface area contributed by atoms with Crippen molar-refractivity contribution in [3.8, 4) is 0 Å². The molecule has 7 atom stereocenters. The molecule has 15 heteroatoms. The van der Waals surface area contributed by atoms with Crippen molar-refractivity contribution in [2.45, 2.75) is 162 Å². The Morgan fingerprint density at radius 1 is 0.897 bits per heavy atom. The van der Waals surface area contributed by atoms with Crippen LogP contribution in [0.3, 0.4) is 0 Å². The Hall–Kier alpha value is -3.04. The summed E-state index contributed by atoms with van der Waals surface area (Å²) in [6, 6.07) is -3.07. The summed E-state index contributed by atoms with van der Waals surface area (Å²) in [4.78, 5) is 75.9. The zero-order valence-electron chi connectivity index (χ0n) is 36.4. The van der Waals surface area contributed by atoms with Gasteiger partial charge in [0.1, 0.15) is 23.7 Å². The number of hydrogen-bond acceptors (Lipinski definition) is 8. The molecule has 2 aliphatic heterocycles. The SMILES string of the molecule is C=C[C@@H]1C[C@]1(NC(=O)[C@@H]1C[C@@]2(CN1C(=O)[C@@H](NC(=O)[C@@H](NC(=O)[C@@H]1CCCN1CC)C1CCCCC1)C(C)(C)C)C(C)(C)C21CCC1)C(=O)NS(=O)(=O)N(C)CCC. The van der Waals surface area contributed by atoms with Gasteiger partial charge >= 0.3 is 10.2 Å². The van der Waals surface area contributed by atoms with Crippen molar-refractivity contribution < 1.29 is 32.4 Å². The number of fused-ring (bicyclic) bond motifs is 1. The van der Waals surface area contributed by atoms with Crippen LogP contribution >= 0.6 is 0 Å². The number of rotatable bonds is 15. The van der Waals surface area contributed by atoms with Gasteiger partial charge in [0, 0.05) is 31.5 Å². The van der Waals surface area contributed by atoms with Gasteiger partial charge in [-0.25, -0.2) is 4.72 Å².